The Morgan fingerprint density at radius 3 is 2.50 bits per heavy atom. The predicted molar refractivity (Wildman–Crippen MR) is 148 cm³/mol. The minimum atomic E-state index is -1.04. The second kappa shape index (κ2) is 11.5. The summed E-state index contributed by atoms with van der Waals surface area (Å²) in [5.74, 6) is -1.74. The van der Waals surface area contributed by atoms with Crippen LogP contribution in [0.25, 0.3) is 6.08 Å². The minimum Gasteiger partial charge on any atom is -0.493 e. The van der Waals surface area contributed by atoms with Crippen molar-refractivity contribution in [1.82, 2.24) is 5.32 Å². The molecule has 0 unspecified atom stereocenters. The van der Waals surface area contributed by atoms with Crippen molar-refractivity contribution in [2.24, 2.45) is 0 Å². The second-order valence-electron chi connectivity index (χ2n) is 8.31. The van der Waals surface area contributed by atoms with E-state index in [2.05, 4.69) is 5.32 Å². The van der Waals surface area contributed by atoms with Crippen molar-refractivity contribution in [1.29, 1.82) is 0 Å². The molecule has 0 saturated carbocycles. The summed E-state index contributed by atoms with van der Waals surface area (Å²) in [6.45, 7) is 2.07. The van der Waals surface area contributed by atoms with E-state index in [4.69, 9.17) is 33.3 Å². The second-order valence-corrected chi connectivity index (χ2v) is 9.10. The van der Waals surface area contributed by atoms with Gasteiger partial charge in [0, 0.05) is 0 Å². The maximum atomic E-state index is 13.3. The lowest BCUT2D eigenvalue weighted by molar-refractivity contribution is -0.122. The molecule has 10 heteroatoms. The minimum absolute atomic E-state index is 0.00673. The van der Waals surface area contributed by atoms with Crippen molar-refractivity contribution < 1.29 is 29.0 Å². The van der Waals surface area contributed by atoms with Gasteiger partial charge in [-0.3, -0.25) is 19.8 Å². The molecule has 0 spiro atoms. The van der Waals surface area contributed by atoms with Gasteiger partial charge < -0.3 is 14.6 Å². The molecule has 0 bridgehead atoms. The van der Waals surface area contributed by atoms with E-state index in [0.717, 1.165) is 12.0 Å². The van der Waals surface area contributed by atoms with Gasteiger partial charge in [0.1, 0.15) is 12.2 Å². The maximum absolute atomic E-state index is 13.3. The molecule has 8 nitrogen and oxygen atoms in total. The van der Waals surface area contributed by atoms with Gasteiger partial charge in [0.2, 0.25) is 0 Å². The summed E-state index contributed by atoms with van der Waals surface area (Å²) in [5, 5.41) is 11.9. The number of carboxylic acid groups (broad SMARTS) is 1. The smallest absolute Gasteiger partial charge is 0.335 e. The number of aromatic carboxylic acids is 1. The number of anilines is 1. The third-order valence-electron chi connectivity index (χ3n) is 5.82. The Labute approximate surface area is 229 Å². The Balaban J connectivity index is 1.61. The zero-order valence-corrected chi connectivity index (χ0v) is 22.1. The van der Waals surface area contributed by atoms with Gasteiger partial charge in [-0.05, 0) is 77.8 Å². The molecule has 0 aliphatic carbocycles. The van der Waals surface area contributed by atoms with Crippen LogP contribution < -0.4 is 19.7 Å². The molecule has 1 fully saturated rings. The number of halogens is 1. The fourth-order valence-corrected chi connectivity index (χ4v) is 4.41. The summed E-state index contributed by atoms with van der Waals surface area (Å²) in [5.41, 5.74) is 2.70. The summed E-state index contributed by atoms with van der Waals surface area (Å²) >= 11 is 11.7. The lowest BCUT2D eigenvalue weighted by atomic mass is 10.1. The number of aryl methyl sites for hydroxylation is 1. The van der Waals surface area contributed by atoms with E-state index in [9.17, 15) is 19.5 Å². The number of benzene rings is 3. The van der Waals surface area contributed by atoms with Crippen LogP contribution >= 0.6 is 23.8 Å². The molecule has 1 saturated heterocycles. The first-order chi connectivity index (χ1) is 18.2. The molecule has 2 amide bonds. The molecular weight excluding hydrogens is 528 g/mol. The van der Waals surface area contributed by atoms with Crippen LogP contribution in [0.15, 0.2) is 66.2 Å². The fraction of sp³-hybridized carbons (Fsp3) is 0.143. The van der Waals surface area contributed by atoms with Gasteiger partial charge in [-0.15, -0.1) is 0 Å². The first-order valence-corrected chi connectivity index (χ1v) is 12.3. The number of nitrogens with zero attached hydrogens (tertiary/aromatic N) is 1. The lowest BCUT2D eigenvalue weighted by Gasteiger charge is -2.29. The molecule has 0 radical (unpaired) electrons. The first kappa shape index (κ1) is 26.8. The average Bonchev–Trinajstić information content (AvgIpc) is 2.90. The van der Waals surface area contributed by atoms with Crippen LogP contribution in [0.2, 0.25) is 5.02 Å². The number of hydrogen-bond donors (Lipinski definition) is 2. The molecule has 38 heavy (non-hydrogen) atoms. The quantitative estimate of drug-likeness (QED) is 0.230. The van der Waals surface area contributed by atoms with Crippen molar-refractivity contribution in [3.63, 3.8) is 0 Å². The number of carbonyl (C=O) groups is 3. The molecule has 3 aromatic rings. The standard InChI is InChI=1S/C28H23ClN2O6S/c1-3-16-7-9-20(10-8-16)31-26(33)21(25(32)30-28(31)38)12-18-13-22(29)24(23(14-18)36-2)37-15-17-5-4-6-19(11-17)27(34)35/h4-14H,3,15H2,1-2H3,(H,34,35)(H,30,32,38)/b21-12+. The van der Waals surface area contributed by atoms with Crippen molar-refractivity contribution in [3.05, 3.63) is 93.5 Å². The highest BCUT2D eigenvalue weighted by Crippen LogP contribution is 2.38. The van der Waals surface area contributed by atoms with Gasteiger partial charge in [0.25, 0.3) is 11.8 Å². The molecule has 1 aliphatic rings. The van der Waals surface area contributed by atoms with E-state index in [0.29, 0.717) is 16.8 Å². The number of carbonyl (C=O) groups excluding carboxylic acids is 2. The van der Waals surface area contributed by atoms with Crippen molar-refractivity contribution >= 4 is 58.5 Å². The molecule has 0 aromatic heterocycles. The summed E-state index contributed by atoms with van der Waals surface area (Å²) in [6, 6.07) is 16.8. The number of hydrogen-bond acceptors (Lipinski definition) is 6. The normalized spacial score (nSPS) is 14.4. The number of methoxy groups -OCH3 is 1. The van der Waals surface area contributed by atoms with Gasteiger partial charge in [-0.25, -0.2) is 4.79 Å². The monoisotopic (exact) mass is 550 g/mol. The van der Waals surface area contributed by atoms with Crippen LogP contribution in [-0.4, -0.2) is 35.1 Å². The van der Waals surface area contributed by atoms with Crippen LogP contribution in [0.3, 0.4) is 0 Å². The average molecular weight is 551 g/mol. The van der Waals surface area contributed by atoms with Crippen LogP contribution in [0.1, 0.15) is 34.0 Å². The highest BCUT2D eigenvalue weighted by molar-refractivity contribution is 7.80. The fourth-order valence-electron chi connectivity index (χ4n) is 3.85. The van der Waals surface area contributed by atoms with E-state index in [-0.39, 0.29) is 39.4 Å². The lowest BCUT2D eigenvalue weighted by Crippen LogP contribution is -2.54. The molecule has 3 aromatic carbocycles. The van der Waals surface area contributed by atoms with E-state index >= 15 is 0 Å². The van der Waals surface area contributed by atoms with Crippen molar-refractivity contribution in [2.75, 3.05) is 12.0 Å². The van der Waals surface area contributed by atoms with Gasteiger partial charge >= 0.3 is 5.97 Å². The summed E-state index contributed by atoms with van der Waals surface area (Å²) < 4.78 is 11.3. The van der Waals surface area contributed by atoms with Gasteiger partial charge in [0.15, 0.2) is 16.6 Å². The molecule has 1 aliphatic heterocycles. The maximum Gasteiger partial charge on any atom is 0.335 e. The predicted octanol–water partition coefficient (Wildman–Crippen LogP) is 5.02. The number of carboxylic acids is 1. The Bertz CT molecular complexity index is 1470. The van der Waals surface area contributed by atoms with E-state index in [1.807, 2.05) is 19.1 Å². The number of amides is 2. The Kier molecular flexibility index (Phi) is 8.09. The Hall–Kier alpha value is -4.21. The summed E-state index contributed by atoms with van der Waals surface area (Å²) in [7, 11) is 1.43. The molecule has 2 N–H and O–H groups in total. The van der Waals surface area contributed by atoms with Gasteiger partial charge in [0.05, 0.1) is 23.4 Å². The van der Waals surface area contributed by atoms with E-state index in [1.54, 1.807) is 30.3 Å². The Morgan fingerprint density at radius 1 is 1.11 bits per heavy atom. The largest absolute Gasteiger partial charge is 0.493 e. The first-order valence-electron chi connectivity index (χ1n) is 11.5. The molecule has 4 rings (SSSR count). The topological polar surface area (TPSA) is 105 Å². The zero-order chi connectivity index (χ0) is 27.4. The van der Waals surface area contributed by atoms with Crippen molar-refractivity contribution in [3.8, 4) is 11.5 Å². The van der Waals surface area contributed by atoms with Gasteiger partial charge in [-0.2, -0.15) is 0 Å². The number of ether oxygens (including phenoxy) is 2. The number of nitrogens with one attached hydrogen (secondary N) is 1. The van der Waals surface area contributed by atoms with E-state index in [1.165, 1.54) is 36.3 Å². The summed E-state index contributed by atoms with van der Waals surface area (Å²) in [4.78, 5) is 38.5. The van der Waals surface area contributed by atoms with Crippen molar-refractivity contribution in [2.45, 2.75) is 20.0 Å². The molecule has 1 heterocycles. The molecule has 194 valence electrons. The Morgan fingerprint density at radius 2 is 1.84 bits per heavy atom. The van der Waals surface area contributed by atoms with Crippen LogP contribution in [0.4, 0.5) is 5.69 Å². The van der Waals surface area contributed by atoms with Gasteiger partial charge in [-0.1, -0.05) is 42.8 Å². The highest BCUT2D eigenvalue weighted by Gasteiger charge is 2.34. The number of rotatable bonds is 8. The van der Waals surface area contributed by atoms with Crippen LogP contribution in [0, 0.1) is 0 Å². The molecule has 0 atom stereocenters. The van der Waals surface area contributed by atoms with E-state index < -0.39 is 17.8 Å². The SMILES string of the molecule is CCc1ccc(N2C(=O)/C(=C/c3cc(Cl)c(OCc4cccc(C(=O)O)c4)c(OC)c3)C(=O)NC2=S)cc1. The molecular formula is C28H23ClN2O6S. The third-order valence-corrected chi connectivity index (χ3v) is 6.39. The highest BCUT2D eigenvalue weighted by atomic mass is 35.5. The number of thiocarbonyl (C=S) groups is 1. The third kappa shape index (κ3) is 5.69. The van der Waals surface area contributed by atoms with Crippen LogP contribution in [-0.2, 0) is 22.6 Å². The van der Waals surface area contributed by atoms with Crippen LogP contribution in [0.5, 0.6) is 11.5 Å². The summed E-state index contributed by atoms with van der Waals surface area (Å²) in [6.07, 6.45) is 2.25. The zero-order valence-electron chi connectivity index (χ0n) is 20.5.